The molecular weight excluding hydrogens is 214 g/mol. The molecule has 1 amide bonds. The van der Waals surface area contributed by atoms with Gasteiger partial charge in [-0.25, -0.2) is 0 Å². The summed E-state index contributed by atoms with van der Waals surface area (Å²) in [5.41, 5.74) is 2.30. The number of aromatic nitrogens is 1. The summed E-state index contributed by atoms with van der Waals surface area (Å²) in [5, 5.41) is 7.02. The minimum absolute atomic E-state index is 0.00448. The molecule has 2 rings (SSSR count). The van der Waals surface area contributed by atoms with E-state index in [2.05, 4.69) is 21.7 Å². The van der Waals surface area contributed by atoms with E-state index in [1.165, 1.54) is 10.9 Å². The zero-order valence-electron chi connectivity index (χ0n) is 10.1. The average Bonchev–Trinajstić information content (AvgIpc) is 2.78. The van der Waals surface area contributed by atoms with Crippen LogP contribution in [0.5, 0.6) is 0 Å². The third kappa shape index (κ3) is 2.47. The van der Waals surface area contributed by atoms with Crippen LogP contribution < -0.4 is 10.6 Å². The number of hydrogen-bond acceptors (Lipinski definition) is 2. The van der Waals surface area contributed by atoms with Crippen molar-refractivity contribution >= 4 is 16.8 Å². The van der Waals surface area contributed by atoms with E-state index in [0.717, 1.165) is 5.52 Å². The summed E-state index contributed by atoms with van der Waals surface area (Å²) < 4.78 is 0. The lowest BCUT2D eigenvalue weighted by molar-refractivity contribution is -0.122. The minimum atomic E-state index is -0.186. The first kappa shape index (κ1) is 11.7. The van der Waals surface area contributed by atoms with Gasteiger partial charge in [0.1, 0.15) is 0 Å². The van der Waals surface area contributed by atoms with Gasteiger partial charge in [-0.2, -0.15) is 0 Å². The summed E-state index contributed by atoms with van der Waals surface area (Å²) in [6, 6.07) is 7.95. The van der Waals surface area contributed by atoms with Crippen LogP contribution in [0.2, 0.25) is 0 Å². The Hall–Kier alpha value is -1.81. The third-order valence-electron chi connectivity index (χ3n) is 2.91. The van der Waals surface area contributed by atoms with Crippen molar-refractivity contribution in [3.8, 4) is 0 Å². The Balaban J connectivity index is 2.07. The molecule has 0 aliphatic heterocycles. The molecule has 90 valence electrons. The lowest BCUT2D eigenvalue weighted by atomic mass is 10.1. The number of aromatic amines is 1. The van der Waals surface area contributed by atoms with Gasteiger partial charge in [0.25, 0.3) is 0 Å². The Morgan fingerprint density at radius 2 is 2.18 bits per heavy atom. The number of para-hydroxylation sites is 1. The number of carbonyl (C=O) groups is 1. The first-order chi connectivity index (χ1) is 8.22. The quantitative estimate of drug-likeness (QED) is 0.745. The predicted molar refractivity (Wildman–Crippen MR) is 68.7 cm³/mol. The molecule has 0 aliphatic carbocycles. The number of benzene rings is 1. The molecule has 17 heavy (non-hydrogen) atoms. The Kier molecular flexibility index (Phi) is 3.44. The van der Waals surface area contributed by atoms with Gasteiger partial charge in [0.05, 0.1) is 6.04 Å². The molecule has 0 bridgehead atoms. The summed E-state index contributed by atoms with van der Waals surface area (Å²) in [5.74, 6) is 0.00448. The molecule has 4 heteroatoms. The SMILES string of the molecule is CNC(=O)C(C)NCc1c[nH]c2ccccc12. The maximum Gasteiger partial charge on any atom is 0.236 e. The molecule has 3 N–H and O–H groups in total. The normalized spacial score (nSPS) is 12.6. The molecule has 1 unspecified atom stereocenters. The third-order valence-corrected chi connectivity index (χ3v) is 2.91. The minimum Gasteiger partial charge on any atom is -0.361 e. The van der Waals surface area contributed by atoms with Gasteiger partial charge in [-0.05, 0) is 18.6 Å². The maximum atomic E-state index is 11.4. The summed E-state index contributed by atoms with van der Waals surface area (Å²) in [4.78, 5) is 14.6. The van der Waals surface area contributed by atoms with Crippen LogP contribution in [-0.2, 0) is 11.3 Å². The molecule has 1 atom stereocenters. The van der Waals surface area contributed by atoms with Crippen molar-refractivity contribution in [1.82, 2.24) is 15.6 Å². The van der Waals surface area contributed by atoms with E-state index in [9.17, 15) is 4.79 Å². The molecule has 0 saturated heterocycles. The van der Waals surface area contributed by atoms with E-state index >= 15 is 0 Å². The van der Waals surface area contributed by atoms with Gasteiger partial charge in [0.2, 0.25) is 5.91 Å². The van der Waals surface area contributed by atoms with Crippen molar-refractivity contribution in [3.63, 3.8) is 0 Å². The zero-order valence-corrected chi connectivity index (χ0v) is 10.1. The van der Waals surface area contributed by atoms with E-state index in [4.69, 9.17) is 0 Å². The number of likely N-dealkylation sites (N-methyl/N-ethyl adjacent to an activating group) is 1. The highest BCUT2D eigenvalue weighted by molar-refractivity contribution is 5.83. The predicted octanol–water partition coefficient (Wildman–Crippen LogP) is 1.39. The number of nitrogens with one attached hydrogen (secondary N) is 3. The topological polar surface area (TPSA) is 56.9 Å². The van der Waals surface area contributed by atoms with Crippen LogP contribution in [0.25, 0.3) is 10.9 Å². The van der Waals surface area contributed by atoms with E-state index in [-0.39, 0.29) is 11.9 Å². The van der Waals surface area contributed by atoms with E-state index in [1.54, 1.807) is 7.05 Å². The molecule has 1 aromatic carbocycles. The van der Waals surface area contributed by atoms with Gasteiger partial charge in [-0.15, -0.1) is 0 Å². The molecule has 0 saturated carbocycles. The number of carbonyl (C=O) groups excluding carboxylic acids is 1. The summed E-state index contributed by atoms with van der Waals surface area (Å²) in [6.45, 7) is 2.53. The van der Waals surface area contributed by atoms with Gasteiger partial charge in [-0.3, -0.25) is 4.79 Å². The molecular formula is C13H17N3O. The van der Waals surface area contributed by atoms with Crippen LogP contribution in [0.15, 0.2) is 30.5 Å². The largest absolute Gasteiger partial charge is 0.361 e. The average molecular weight is 231 g/mol. The molecule has 2 aromatic rings. The first-order valence-corrected chi connectivity index (χ1v) is 5.72. The Labute approximate surface area is 100 Å². The van der Waals surface area contributed by atoms with Crippen LogP contribution in [0.1, 0.15) is 12.5 Å². The maximum absolute atomic E-state index is 11.4. The van der Waals surface area contributed by atoms with E-state index < -0.39 is 0 Å². The van der Waals surface area contributed by atoms with Gasteiger partial charge < -0.3 is 15.6 Å². The van der Waals surface area contributed by atoms with Crippen LogP contribution in [-0.4, -0.2) is 24.0 Å². The molecule has 1 heterocycles. The molecule has 1 aromatic heterocycles. The van der Waals surface area contributed by atoms with Crippen molar-refractivity contribution in [2.24, 2.45) is 0 Å². The second-order valence-electron chi connectivity index (χ2n) is 4.08. The fraction of sp³-hybridized carbons (Fsp3) is 0.308. The molecule has 0 fully saturated rings. The van der Waals surface area contributed by atoms with Gasteiger partial charge in [0, 0.05) is 30.7 Å². The molecule has 0 aliphatic rings. The van der Waals surface area contributed by atoms with Gasteiger partial charge in [0.15, 0.2) is 0 Å². The number of H-pyrrole nitrogens is 1. The Morgan fingerprint density at radius 3 is 2.94 bits per heavy atom. The van der Waals surface area contributed by atoms with Crippen molar-refractivity contribution in [2.45, 2.75) is 19.5 Å². The first-order valence-electron chi connectivity index (χ1n) is 5.72. The van der Waals surface area contributed by atoms with E-state index in [0.29, 0.717) is 6.54 Å². The number of amides is 1. The highest BCUT2D eigenvalue weighted by Gasteiger charge is 2.10. The highest BCUT2D eigenvalue weighted by atomic mass is 16.2. The van der Waals surface area contributed by atoms with Crippen molar-refractivity contribution < 1.29 is 4.79 Å². The summed E-state index contributed by atoms with van der Waals surface area (Å²) >= 11 is 0. The number of rotatable bonds is 4. The van der Waals surface area contributed by atoms with Gasteiger partial charge in [-0.1, -0.05) is 18.2 Å². The number of hydrogen-bond donors (Lipinski definition) is 3. The Bertz CT molecular complexity index is 518. The summed E-state index contributed by atoms with van der Waals surface area (Å²) in [7, 11) is 1.65. The summed E-state index contributed by atoms with van der Waals surface area (Å²) in [6.07, 6.45) is 1.98. The van der Waals surface area contributed by atoms with Crippen LogP contribution >= 0.6 is 0 Å². The van der Waals surface area contributed by atoms with Crippen LogP contribution in [0, 0.1) is 0 Å². The van der Waals surface area contributed by atoms with Crippen molar-refractivity contribution in [3.05, 3.63) is 36.0 Å². The standard InChI is InChI=1S/C13H17N3O/c1-9(13(17)14-2)15-7-10-8-16-12-6-4-3-5-11(10)12/h3-6,8-9,15-16H,7H2,1-2H3,(H,14,17). The second-order valence-corrected chi connectivity index (χ2v) is 4.08. The van der Waals surface area contributed by atoms with E-state index in [1.807, 2.05) is 31.3 Å². The molecule has 0 radical (unpaired) electrons. The van der Waals surface area contributed by atoms with Crippen LogP contribution in [0.3, 0.4) is 0 Å². The lowest BCUT2D eigenvalue weighted by Gasteiger charge is -2.11. The lowest BCUT2D eigenvalue weighted by Crippen LogP contribution is -2.40. The molecule has 0 spiro atoms. The smallest absolute Gasteiger partial charge is 0.236 e. The molecule has 4 nitrogen and oxygen atoms in total. The zero-order chi connectivity index (χ0) is 12.3. The van der Waals surface area contributed by atoms with Crippen LogP contribution in [0.4, 0.5) is 0 Å². The fourth-order valence-corrected chi connectivity index (χ4v) is 1.85. The second kappa shape index (κ2) is 5.01. The van der Waals surface area contributed by atoms with Gasteiger partial charge >= 0.3 is 0 Å². The van der Waals surface area contributed by atoms with Crippen molar-refractivity contribution in [2.75, 3.05) is 7.05 Å². The van der Waals surface area contributed by atoms with Crippen molar-refractivity contribution in [1.29, 1.82) is 0 Å². The number of fused-ring (bicyclic) bond motifs is 1. The highest BCUT2D eigenvalue weighted by Crippen LogP contribution is 2.17. The monoisotopic (exact) mass is 231 g/mol. The fourth-order valence-electron chi connectivity index (χ4n) is 1.85. The Morgan fingerprint density at radius 1 is 1.41 bits per heavy atom.